The third-order valence-electron chi connectivity index (χ3n) is 6.40. The minimum absolute atomic E-state index is 0.0282. The second kappa shape index (κ2) is 10.3. The van der Waals surface area contributed by atoms with Crippen molar-refractivity contribution in [3.63, 3.8) is 0 Å². The van der Waals surface area contributed by atoms with Crippen molar-refractivity contribution >= 4 is 40.2 Å². The number of nitrogens with one attached hydrogen (secondary N) is 2. The summed E-state index contributed by atoms with van der Waals surface area (Å²) in [4.78, 5) is 27.3. The Labute approximate surface area is 216 Å². The molecule has 2 aromatic heterocycles. The molecule has 1 fully saturated rings. The number of aliphatic hydroxyl groups is 1. The number of alkyl halides is 3. The molecule has 5 rings (SSSR count). The number of nitrogens with zero attached hydrogens (tertiary/aromatic N) is 5. The molecule has 0 bridgehead atoms. The van der Waals surface area contributed by atoms with Gasteiger partial charge in [-0.3, -0.25) is 4.79 Å². The third kappa shape index (κ3) is 5.40. The second-order valence-electron chi connectivity index (χ2n) is 9.17. The van der Waals surface area contributed by atoms with Crippen LogP contribution < -0.4 is 15.5 Å². The van der Waals surface area contributed by atoms with Gasteiger partial charge in [0.15, 0.2) is 17.0 Å². The zero-order valence-corrected chi connectivity index (χ0v) is 20.5. The fourth-order valence-electron chi connectivity index (χ4n) is 4.53. The Morgan fingerprint density at radius 3 is 2.45 bits per heavy atom. The zero-order chi connectivity index (χ0) is 26.9. The molecule has 0 spiro atoms. The smallest absolute Gasteiger partial charge is 0.394 e. The minimum atomic E-state index is -4.40. The number of rotatable bonds is 7. The van der Waals surface area contributed by atoms with Crippen LogP contribution in [0.1, 0.15) is 30.9 Å². The van der Waals surface area contributed by atoms with Gasteiger partial charge < -0.3 is 25.2 Å². The van der Waals surface area contributed by atoms with Crippen LogP contribution in [-0.2, 0) is 17.5 Å². The summed E-state index contributed by atoms with van der Waals surface area (Å²) in [7, 11) is 0. The van der Waals surface area contributed by atoms with Gasteiger partial charge in [0.05, 0.1) is 31.1 Å². The molecule has 1 saturated heterocycles. The van der Waals surface area contributed by atoms with Crippen molar-refractivity contribution in [1.29, 1.82) is 0 Å². The highest BCUT2D eigenvalue weighted by Crippen LogP contribution is 2.31. The van der Waals surface area contributed by atoms with E-state index in [-0.39, 0.29) is 25.1 Å². The van der Waals surface area contributed by atoms with Crippen LogP contribution in [0, 0.1) is 0 Å². The standard InChI is InChI=1S/C26H26F3N7O2/c1-16(38)31-19-8-10-20(11-9-19)32-23-22-24(34-25(33-23)36-12-2-3-21(36)14-37)35(15-30-22)13-17-4-6-18(7-5-17)26(27,28)29/h4-11,15,21,37H,2-3,12-14H2,1H3,(H,31,38)(H,32,33,34). The van der Waals surface area contributed by atoms with E-state index in [9.17, 15) is 23.1 Å². The van der Waals surface area contributed by atoms with Gasteiger partial charge in [-0.2, -0.15) is 23.1 Å². The predicted molar refractivity (Wildman–Crippen MR) is 137 cm³/mol. The van der Waals surface area contributed by atoms with Crippen molar-refractivity contribution in [2.45, 2.75) is 38.5 Å². The van der Waals surface area contributed by atoms with Crippen molar-refractivity contribution < 1.29 is 23.1 Å². The largest absolute Gasteiger partial charge is 0.416 e. The van der Waals surface area contributed by atoms with Crippen LogP contribution in [0.3, 0.4) is 0 Å². The number of imidazole rings is 1. The van der Waals surface area contributed by atoms with Gasteiger partial charge in [0.2, 0.25) is 11.9 Å². The summed E-state index contributed by atoms with van der Waals surface area (Å²) in [6.07, 6.45) is -1.11. The fourth-order valence-corrected chi connectivity index (χ4v) is 4.53. The van der Waals surface area contributed by atoms with E-state index in [0.717, 1.165) is 25.0 Å². The van der Waals surface area contributed by atoms with E-state index < -0.39 is 11.7 Å². The van der Waals surface area contributed by atoms with E-state index >= 15 is 0 Å². The number of aliphatic hydroxyl groups excluding tert-OH is 1. The first-order valence-electron chi connectivity index (χ1n) is 12.1. The highest BCUT2D eigenvalue weighted by atomic mass is 19.4. The number of hydrogen-bond donors (Lipinski definition) is 3. The Morgan fingerprint density at radius 1 is 1.08 bits per heavy atom. The van der Waals surface area contributed by atoms with Gasteiger partial charge in [0, 0.05) is 24.8 Å². The van der Waals surface area contributed by atoms with Gasteiger partial charge in [0.25, 0.3) is 0 Å². The lowest BCUT2D eigenvalue weighted by Crippen LogP contribution is -2.33. The monoisotopic (exact) mass is 525 g/mol. The first-order chi connectivity index (χ1) is 18.2. The lowest BCUT2D eigenvalue weighted by molar-refractivity contribution is -0.137. The third-order valence-corrected chi connectivity index (χ3v) is 6.40. The Morgan fingerprint density at radius 2 is 1.79 bits per heavy atom. The quantitative estimate of drug-likeness (QED) is 0.325. The summed E-state index contributed by atoms with van der Waals surface area (Å²) in [5, 5.41) is 15.8. The number of hydrogen-bond acceptors (Lipinski definition) is 7. The maximum Gasteiger partial charge on any atom is 0.416 e. The summed E-state index contributed by atoms with van der Waals surface area (Å²) in [5.41, 5.74) is 2.32. The number of anilines is 4. The number of benzene rings is 2. The van der Waals surface area contributed by atoms with Crippen molar-refractivity contribution in [2.24, 2.45) is 0 Å². The maximum atomic E-state index is 13.0. The number of aromatic nitrogens is 4. The van der Waals surface area contributed by atoms with Crippen molar-refractivity contribution in [3.8, 4) is 0 Å². The fraction of sp³-hybridized carbons (Fsp3) is 0.308. The van der Waals surface area contributed by atoms with Crippen LogP contribution in [0.2, 0.25) is 0 Å². The Hall–Kier alpha value is -4.19. The Bertz CT molecular complexity index is 1440. The SMILES string of the molecule is CC(=O)Nc1ccc(Nc2nc(N3CCCC3CO)nc3c2ncn3Cc2ccc(C(F)(F)F)cc2)cc1. The van der Waals surface area contributed by atoms with Crippen molar-refractivity contribution in [3.05, 3.63) is 66.0 Å². The number of carbonyl (C=O) groups excluding carboxylic acids is 1. The predicted octanol–water partition coefficient (Wildman–Crippen LogP) is 4.56. The molecule has 0 radical (unpaired) electrons. The first-order valence-corrected chi connectivity index (χ1v) is 12.1. The average molecular weight is 526 g/mol. The van der Waals surface area contributed by atoms with Crippen molar-refractivity contribution in [2.75, 3.05) is 28.7 Å². The number of halogens is 3. The highest BCUT2D eigenvalue weighted by Gasteiger charge is 2.30. The molecule has 1 aliphatic heterocycles. The molecule has 12 heteroatoms. The molecule has 1 aliphatic rings. The Kier molecular flexibility index (Phi) is 6.89. The number of amides is 1. The lowest BCUT2D eigenvalue weighted by atomic mass is 10.1. The summed E-state index contributed by atoms with van der Waals surface area (Å²) >= 11 is 0. The summed E-state index contributed by atoms with van der Waals surface area (Å²) in [6.45, 7) is 2.36. The minimum Gasteiger partial charge on any atom is -0.394 e. The molecule has 1 atom stereocenters. The molecule has 3 N–H and O–H groups in total. The molecule has 4 aromatic rings. The van der Waals surface area contributed by atoms with E-state index in [1.165, 1.54) is 19.1 Å². The van der Waals surface area contributed by atoms with E-state index in [1.807, 2.05) is 4.90 Å². The molecular formula is C26H26F3N7O2. The molecular weight excluding hydrogens is 499 g/mol. The van der Waals surface area contributed by atoms with Crippen LogP contribution in [0.15, 0.2) is 54.9 Å². The Balaban J connectivity index is 1.50. The summed E-state index contributed by atoms with van der Waals surface area (Å²) in [5.74, 6) is 0.711. The van der Waals surface area contributed by atoms with E-state index in [4.69, 9.17) is 9.97 Å². The molecule has 1 amide bonds. The topological polar surface area (TPSA) is 108 Å². The van der Waals surface area contributed by atoms with Gasteiger partial charge in [-0.15, -0.1) is 0 Å². The molecule has 3 heterocycles. The maximum absolute atomic E-state index is 13.0. The molecule has 0 saturated carbocycles. The van der Waals surface area contributed by atoms with Crippen LogP contribution in [0.5, 0.6) is 0 Å². The van der Waals surface area contributed by atoms with E-state index in [2.05, 4.69) is 15.6 Å². The van der Waals surface area contributed by atoms with Gasteiger partial charge >= 0.3 is 6.18 Å². The lowest BCUT2D eigenvalue weighted by Gasteiger charge is -2.23. The van der Waals surface area contributed by atoms with Gasteiger partial charge in [0.1, 0.15) is 0 Å². The number of carbonyl (C=O) groups is 1. The van der Waals surface area contributed by atoms with E-state index in [1.54, 1.807) is 35.2 Å². The number of fused-ring (bicyclic) bond motifs is 1. The summed E-state index contributed by atoms with van der Waals surface area (Å²) < 4.78 is 40.7. The molecule has 38 heavy (non-hydrogen) atoms. The summed E-state index contributed by atoms with van der Waals surface area (Å²) in [6, 6.07) is 12.0. The molecule has 1 unspecified atom stereocenters. The molecule has 2 aromatic carbocycles. The normalized spacial score (nSPS) is 15.7. The van der Waals surface area contributed by atoms with Crippen LogP contribution in [0.4, 0.5) is 36.3 Å². The van der Waals surface area contributed by atoms with Crippen LogP contribution in [0.25, 0.3) is 11.2 Å². The zero-order valence-electron chi connectivity index (χ0n) is 20.5. The highest BCUT2D eigenvalue weighted by molar-refractivity contribution is 5.89. The van der Waals surface area contributed by atoms with Gasteiger partial charge in [-0.1, -0.05) is 12.1 Å². The molecule has 198 valence electrons. The van der Waals surface area contributed by atoms with Gasteiger partial charge in [-0.25, -0.2) is 4.98 Å². The first kappa shape index (κ1) is 25.5. The second-order valence-corrected chi connectivity index (χ2v) is 9.17. The van der Waals surface area contributed by atoms with Gasteiger partial charge in [-0.05, 0) is 54.8 Å². The van der Waals surface area contributed by atoms with Crippen molar-refractivity contribution in [1.82, 2.24) is 19.5 Å². The van der Waals surface area contributed by atoms with E-state index in [0.29, 0.717) is 46.4 Å². The average Bonchev–Trinajstić information content (AvgIpc) is 3.52. The molecule has 9 nitrogen and oxygen atoms in total. The molecule has 0 aliphatic carbocycles. The van der Waals surface area contributed by atoms with Crippen LogP contribution in [-0.4, -0.2) is 49.7 Å². The van der Waals surface area contributed by atoms with Crippen LogP contribution >= 0.6 is 0 Å².